The molecule has 98 valence electrons. The molecule has 0 bridgehead atoms. The molecule has 2 aromatic carbocycles. The maximum atomic E-state index is 10.7. The minimum absolute atomic E-state index is 0.0542. The molecule has 0 aliphatic rings. The molecule has 0 saturated carbocycles. The predicted octanol–water partition coefficient (Wildman–Crippen LogP) is 3.05. The summed E-state index contributed by atoms with van der Waals surface area (Å²) in [7, 11) is 0. The molecule has 1 aromatic heterocycles. The average Bonchev–Trinajstić information content (AvgIpc) is 2.97. The van der Waals surface area contributed by atoms with E-state index in [0.717, 1.165) is 16.8 Å². The summed E-state index contributed by atoms with van der Waals surface area (Å²) >= 11 is 0. The molecule has 0 unspecified atom stereocenters. The van der Waals surface area contributed by atoms with Gasteiger partial charge in [0.1, 0.15) is 11.4 Å². The van der Waals surface area contributed by atoms with Crippen molar-refractivity contribution in [1.82, 2.24) is 15.4 Å². The number of non-ortho nitro benzene ring substituents is 1. The number of hydrogen-bond donors (Lipinski definition) is 1. The van der Waals surface area contributed by atoms with Gasteiger partial charge in [0, 0.05) is 23.3 Å². The third kappa shape index (κ3) is 2.14. The zero-order valence-electron chi connectivity index (χ0n) is 10.4. The molecule has 6 nitrogen and oxygen atoms in total. The molecule has 0 amide bonds. The van der Waals surface area contributed by atoms with Gasteiger partial charge in [-0.05, 0) is 12.1 Å². The van der Waals surface area contributed by atoms with Crippen molar-refractivity contribution in [3.05, 3.63) is 64.7 Å². The van der Waals surface area contributed by atoms with Crippen LogP contribution in [0, 0.1) is 10.1 Å². The second-order valence-electron chi connectivity index (χ2n) is 4.19. The first-order chi connectivity index (χ1) is 9.75. The summed E-state index contributed by atoms with van der Waals surface area (Å²) in [6.07, 6.45) is 0. The number of aromatic amines is 1. The van der Waals surface area contributed by atoms with Crippen LogP contribution in [0.3, 0.4) is 0 Å². The molecule has 0 aliphatic heterocycles. The predicted molar refractivity (Wildman–Crippen MR) is 73.9 cm³/mol. The molecule has 0 saturated heterocycles. The van der Waals surface area contributed by atoms with Crippen LogP contribution in [0.2, 0.25) is 0 Å². The Morgan fingerprint density at radius 1 is 0.850 bits per heavy atom. The first-order valence-electron chi connectivity index (χ1n) is 5.97. The van der Waals surface area contributed by atoms with Crippen molar-refractivity contribution < 1.29 is 4.92 Å². The highest BCUT2D eigenvalue weighted by molar-refractivity contribution is 5.77. The van der Waals surface area contributed by atoms with Crippen LogP contribution in [0.15, 0.2) is 54.6 Å². The first-order valence-corrected chi connectivity index (χ1v) is 5.97. The fraction of sp³-hybridized carbons (Fsp3) is 0. The normalized spacial score (nSPS) is 10.4. The fourth-order valence-electron chi connectivity index (χ4n) is 1.97. The maximum Gasteiger partial charge on any atom is 0.269 e. The summed E-state index contributed by atoms with van der Waals surface area (Å²) in [6.45, 7) is 0. The number of nitro groups is 1. The lowest BCUT2D eigenvalue weighted by atomic mass is 10.0. The van der Waals surface area contributed by atoms with E-state index < -0.39 is 4.92 Å². The summed E-state index contributed by atoms with van der Waals surface area (Å²) in [4.78, 5) is 10.2. The van der Waals surface area contributed by atoms with E-state index in [1.807, 2.05) is 30.3 Å². The van der Waals surface area contributed by atoms with Crippen LogP contribution in [0.5, 0.6) is 0 Å². The van der Waals surface area contributed by atoms with Crippen molar-refractivity contribution in [3.63, 3.8) is 0 Å². The Morgan fingerprint density at radius 3 is 1.95 bits per heavy atom. The summed E-state index contributed by atoms with van der Waals surface area (Å²) in [6, 6.07) is 15.9. The molecule has 1 N–H and O–H groups in total. The fourth-order valence-corrected chi connectivity index (χ4v) is 1.97. The second kappa shape index (κ2) is 4.93. The maximum absolute atomic E-state index is 10.7. The van der Waals surface area contributed by atoms with Crippen molar-refractivity contribution in [1.29, 1.82) is 0 Å². The van der Waals surface area contributed by atoms with E-state index in [9.17, 15) is 10.1 Å². The molecule has 1 heterocycles. The van der Waals surface area contributed by atoms with Crippen LogP contribution >= 0.6 is 0 Å². The molecule has 0 fully saturated rings. The van der Waals surface area contributed by atoms with Crippen molar-refractivity contribution in [2.75, 3.05) is 0 Å². The van der Waals surface area contributed by atoms with Gasteiger partial charge in [-0.3, -0.25) is 10.1 Å². The highest BCUT2D eigenvalue weighted by Crippen LogP contribution is 2.28. The topological polar surface area (TPSA) is 84.7 Å². The molecule has 3 aromatic rings. The quantitative estimate of drug-likeness (QED) is 0.583. The monoisotopic (exact) mass is 266 g/mol. The van der Waals surface area contributed by atoms with Crippen LogP contribution in [0.1, 0.15) is 0 Å². The number of nitrogens with one attached hydrogen (secondary N) is 1. The van der Waals surface area contributed by atoms with E-state index in [4.69, 9.17) is 0 Å². The SMILES string of the molecule is O=[N+]([O-])c1ccc(-c2n[nH]nc2-c2ccccc2)cc1. The Balaban J connectivity index is 2.04. The molecule has 6 heteroatoms. The van der Waals surface area contributed by atoms with Gasteiger partial charge in [-0.1, -0.05) is 30.3 Å². The van der Waals surface area contributed by atoms with E-state index in [2.05, 4.69) is 15.4 Å². The van der Waals surface area contributed by atoms with Crippen molar-refractivity contribution in [2.45, 2.75) is 0 Å². The van der Waals surface area contributed by atoms with Gasteiger partial charge in [0.05, 0.1) is 4.92 Å². The number of aromatic nitrogens is 3. The highest BCUT2D eigenvalue weighted by Gasteiger charge is 2.13. The molecule has 0 spiro atoms. The number of H-pyrrole nitrogens is 1. The summed E-state index contributed by atoms with van der Waals surface area (Å²) < 4.78 is 0. The van der Waals surface area contributed by atoms with Gasteiger partial charge >= 0.3 is 0 Å². The Hall–Kier alpha value is -3.02. The van der Waals surface area contributed by atoms with E-state index in [1.54, 1.807) is 12.1 Å². The molecular formula is C14H10N4O2. The van der Waals surface area contributed by atoms with Crippen LogP contribution in [0.25, 0.3) is 22.5 Å². The number of hydrogen-bond acceptors (Lipinski definition) is 4. The van der Waals surface area contributed by atoms with Crippen LogP contribution < -0.4 is 0 Å². The minimum Gasteiger partial charge on any atom is -0.258 e. The van der Waals surface area contributed by atoms with Crippen molar-refractivity contribution in [2.24, 2.45) is 0 Å². The zero-order chi connectivity index (χ0) is 13.9. The largest absolute Gasteiger partial charge is 0.269 e. The van der Waals surface area contributed by atoms with Gasteiger partial charge in [-0.15, -0.1) is 0 Å². The van der Waals surface area contributed by atoms with Crippen molar-refractivity contribution >= 4 is 5.69 Å². The van der Waals surface area contributed by atoms with Crippen LogP contribution in [-0.2, 0) is 0 Å². The van der Waals surface area contributed by atoms with Gasteiger partial charge in [-0.25, -0.2) is 0 Å². The Bertz CT molecular complexity index is 735. The second-order valence-corrected chi connectivity index (χ2v) is 4.19. The van der Waals surface area contributed by atoms with E-state index >= 15 is 0 Å². The summed E-state index contributed by atoms with van der Waals surface area (Å²) in [5, 5.41) is 21.5. The van der Waals surface area contributed by atoms with Gasteiger partial charge in [0.15, 0.2) is 0 Å². The van der Waals surface area contributed by atoms with Gasteiger partial charge in [-0.2, -0.15) is 15.4 Å². The Labute approximate surface area is 114 Å². The molecule has 0 radical (unpaired) electrons. The zero-order valence-corrected chi connectivity index (χ0v) is 10.4. The van der Waals surface area contributed by atoms with Gasteiger partial charge in [0.2, 0.25) is 0 Å². The molecular weight excluding hydrogens is 256 g/mol. The lowest BCUT2D eigenvalue weighted by molar-refractivity contribution is -0.384. The van der Waals surface area contributed by atoms with Gasteiger partial charge < -0.3 is 0 Å². The number of benzene rings is 2. The highest BCUT2D eigenvalue weighted by atomic mass is 16.6. The first kappa shape index (κ1) is 12.0. The molecule has 0 atom stereocenters. The van der Waals surface area contributed by atoms with Gasteiger partial charge in [0.25, 0.3) is 5.69 Å². The molecule has 20 heavy (non-hydrogen) atoms. The summed E-state index contributed by atoms with van der Waals surface area (Å²) in [5.74, 6) is 0. The Kier molecular flexibility index (Phi) is 2.96. The third-order valence-corrected chi connectivity index (χ3v) is 2.95. The number of nitro benzene ring substituents is 1. The standard InChI is InChI=1S/C14H10N4O2/c19-18(20)12-8-6-11(7-9-12)14-13(15-17-16-14)10-4-2-1-3-5-10/h1-9H,(H,15,16,17). The van der Waals surface area contributed by atoms with Crippen LogP contribution in [-0.4, -0.2) is 20.3 Å². The molecule has 0 aliphatic carbocycles. The van der Waals surface area contributed by atoms with E-state index in [1.165, 1.54) is 12.1 Å². The van der Waals surface area contributed by atoms with E-state index in [-0.39, 0.29) is 5.69 Å². The van der Waals surface area contributed by atoms with Crippen molar-refractivity contribution in [3.8, 4) is 22.5 Å². The van der Waals surface area contributed by atoms with Crippen LogP contribution in [0.4, 0.5) is 5.69 Å². The lowest BCUT2D eigenvalue weighted by Crippen LogP contribution is -1.88. The average molecular weight is 266 g/mol. The molecule has 3 rings (SSSR count). The third-order valence-electron chi connectivity index (χ3n) is 2.95. The van der Waals surface area contributed by atoms with E-state index in [0.29, 0.717) is 5.69 Å². The minimum atomic E-state index is -0.426. The lowest BCUT2D eigenvalue weighted by Gasteiger charge is -2.01. The number of nitrogens with zero attached hydrogens (tertiary/aromatic N) is 3. The number of rotatable bonds is 3. The summed E-state index contributed by atoms with van der Waals surface area (Å²) in [5.41, 5.74) is 3.17. The smallest absolute Gasteiger partial charge is 0.258 e. The Morgan fingerprint density at radius 2 is 1.40 bits per heavy atom.